The maximum Gasteiger partial charge on any atom is 0.119 e. The van der Waals surface area contributed by atoms with E-state index in [-0.39, 0.29) is 6.10 Å². The number of nitrogens with one attached hydrogen (secondary N) is 1. The zero-order chi connectivity index (χ0) is 12.8. The molecule has 2 aliphatic carbocycles. The fourth-order valence-electron chi connectivity index (χ4n) is 3.50. The van der Waals surface area contributed by atoms with Crippen LogP contribution in [0, 0.1) is 5.92 Å². The number of rotatable bonds is 2. The van der Waals surface area contributed by atoms with Crippen molar-refractivity contribution in [1.82, 2.24) is 5.32 Å². The van der Waals surface area contributed by atoms with Crippen molar-refractivity contribution < 1.29 is 9.47 Å². The van der Waals surface area contributed by atoms with Crippen molar-refractivity contribution in [1.29, 1.82) is 0 Å². The van der Waals surface area contributed by atoms with Gasteiger partial charge in [-0.1, -0.05) is 6.07 Å². The Morgan fingerprint density at radius 3 is 2.95 bits per heavy atom. The van der Waals surface area contributed by atoms with Crippen molar-refractivity contribution in [3.05, 3.63) is 29.3 Å². The van der Waals surface area contributed by atoms with Gasteiger partial charge in [-0.25, -0.2) is 0 Å². The van der Waals surface area contributed by atoms with Crippen LogP contribution >= 0.6 is 0 Å². The van der Waals surface area contributed by atoms with Gasteiger partial charge in [-0.3, -0.25) is 0 Å². The van der Waals surface area contributed by atoms with Crippen LogP contribution in [-0.4, -0.2) is 25.8 Å². The molecule has 2 fully saturated rings. The fraction of sp³-hybridized carbons (Fsp3) is 0.625. The number of morpholine rings is 1. The molecule has 3 aliphatic rings. The summed E-state index contributed by atoms with van der Waals surface area (Å²) in [5.41, 5.74) is 2.77. The molecular weight excluding hydrogens is 238 g/mol. The van der Waals surface area contributed by atoms with E-state index >= 15 is 0 Å². The molecule has 3 nitrogen and oxygen atoms in total. The van der Waals surface area contributed by atoms with Crippen LogP contribution in [0.2, 0.25) is 0 Å². The predicted molar refractivity (Wildman–Crippen MR) is 73.4 cm³/mol. The zero-order valence-electron chi connectivity index (χ0n) is 11.4. The Kier molecular flexibility index (Phi) is 2.78. The first-order chi connectivity index (χ1) is 9.35. The average Bonchev–Trinajstić information content (AvgIpc) is 3.30. The molecule has 4 rings (SSSR count). The first-order valence-corrected chi connectivity index (χ1v) is 7.41. The molecule has 0 aromatic heterocycles. The molecule has 1 aromatic carbocycles. The molecule has 0 spiro atoms. The number of fused-ring (bicyclic) bond motifs is 3. The second-order valence-corrected chi connectivity index (χ2v) is 6.05. The molecule has 3 atom stereocenters. The van der Waals surface area contributed by atoms with Gasteiger partial charge in [0.25, 0.3) is 0 Å². The van der Waals surface area contributed by atoms with E-state index in [4.69, 9.17) is 9.47 Å². The molecule has 1 aromatic rings. The Labute approximate surface area is 114 Å². The zero-order valence-corrected chi connectivity index (χ0v) is 11.4. The minimum atomic E-state index is 0.221. The van der Waals surface area contributed by atoms with Crippen molar-refractivity contribution in [2.24, 2.45) is 5.92 Å². The number of aryl methyl sites for hydroxylation is 1. The van der Waals surface area contributed by atoms with E-state index < -0.39 is 0 Å². The Morgan fingerprint density at radius 1 is 1.26 bits per heavy atom. The molecule has 19 heavy (non-hydrogen) atoms. The van der Waals surface area contributed by atoms with Crippen molar-refractivity contribution in [3.8, 4) is 5.75 Å². The fourth-order valence-corrected chi connectivity index (χ4v) is 3.50. The molecule has 102 valence electrons. The second-order valence-electron chi connectivity index (χ2n) is 6.05. The summed E-state index contributed by atoms with van der Waals surface area (Å²) in [5, 5.41) is 3.71. The molecule has 0 bridgehead atoms. The summed E-state index contributed by atoms with van der Waals surface area (Å²) < 4.78 is 11.8. The number of methoxy groups -OCH3 is 1. The maximum atomic E-state index is 6.42. The van der Waals surface area contributed by atoms with Crippen LogP contribution in [-0.2, 0) is 11.2 Å². The van der Waals surface area contributed by atoms with Crippen molar-refractivity contribution >= 4 is 0 Å². The topological polar surface area (TPSA) is 30.5 Å². The van der Waals surface area contributed by atoms with Gasteiger partial charge < -0.3 is 14.8 Å². The third-order valence-corrected chi connectivity index (χ3v) is 4.80. The van der Waals surface area contributed by atoms with Gasteiger partial charge in [0.2, 0.25) is 0 Å². The standard InChI is InChI=1S/C16H21NO2/c1-18-12-6-4-10-5-7-14-16(13(10)8-12)19-15(9-17-14)11-2-3-11/h4,6,8,11,14-17H,2-3,5,7,9H2,1H3. The summed E-state index contributed by atoms with van der Waals surface area (Å²) in [6.07, 6.45) is 5.65. The van der Waals surface area contributed by atoms with Crippen LogP contribution in [0.4, 0.5) is 0 Å². The van der Waals surface area contributed by atoms with Gasteiger partial charge in [0, 0.05) is 12.6 Å². The molecule has 1 heterocycles. The van der Waals surface area contributed by atoms with Crippen LogP contribution in [0.1, 0.15) is 36.5 Å². The summed E-state index contributed by atoms with van der Waals surface area (Å²) in [4.78, 5) is 0. The summed E-state index contributed by atoms with van der Waals surface area (Å²) in [6, 6.07) is 6.92. The molecule has 3 heteroatoms. The highest BCUT2D eigenvalue weighted by Gasteiger charge is 2.41. The van der Waals surface area contributed by atoms with Gasteiger partial charge in [0.05, 0.1) is 19.3 Å². The van der Waals surface area contributed by atoms with Gasteiger partial charge in [-0.15, -0.1) is 0 Å². The third-order valence-electron chi connectivity index (χ3n) is 4.80. The van der Waals surface area contributed by atoms with Gasteiger partial charge in [-0.05, 0) is 54.9 Å². The number of hydrogen-bond acceptors (Lipinski definition) is 3. The predicted octanol–water partition coefficient (Wildman–Crippen LogP) is 2.45. The molecule has 1 saturated carbocycles. The van der Waals surface area contributed by atoms with Crippen molar-refractivity contribution in [3.63, 3.8) is 0 Å². The lowest BCUT2D eigenvalue weighted by molar-refractivity contribution is -0.0796. The molecule has 0 amide bonds. The van der Waals surface area contributed by atoms with Crippen LogP contribution < -0.4 is 10.1 Å². The summed E-state index contributed by atoms with van der Waals surface area (Å²) in [7, 11) is 1.73. The highest BCUT2D eigenvalue weighted by molar-refractivity contribution is 5.40. The van der Waals surface area contributed by atoms with Crippen LogP contribution in [0.5, 0.6) is 5.75 Å². The highest BCUT2D eigenvalue weighted by atomic mass is 16.5. The smallest absolute Gasteiger partial charge is 0.119 e. The largest absolute Gasteiger partial charge is 0.497 e. The first kappa shape index (κ1) is 11.7. The highest BCUT2D eigenvalue weighted by Crippen LogP contribution is 2.42. The summed E-state index contributed by atoms with van der Waals surface area (Å²) in [6.45, 7) is 1.03. The monoisotopic (exact) mass is 259 g/mol. The van der Waals surface area contributed by atoms with Crippen molar-refractivity contribution in [2.75, 3.05) is 13.7 Å². The van der Waals surface area contributed by atoms with E-state index in [0.29, 0.717) is 12.1 Å². The Morgan fingerprint density at radius 2 is 2.16 bits per heavy atom. The van der Waals surface area contributed by atoms with E-state index in [9.17, 15) is 0 Å². The quantitative estimate of drug-likeness (QED) is 0.885. The average molecular weight is 259 g/mol. The molecule has 0 radical (unpaired) electrons. The molecule has 1 saturated heterocycles. The van der Waals surface area contributed by atoms with Crippen LogP contribution in [0.3, 0.4) is 0 Å². The lowest BCUT2D eigenvalue weighted by atomic mass is 9.84. The SMILES string of the molecule is COc1ccc2c(c1)C1OC(C3CC3)CNC1CC2. The van der Waals surface area contributed by atoms with Gasteiger partial charge in [0.1, 0.15) is 5.75 Å². The summed E-state index contributed by atoms with van der Waals surface area (Å²) in [5.74, 6) is 1.74. The lowest BCUT2D eigenvalue weighted by Gasteiger charge is -2.41. The Hall–Kier alpha value is -1.06. The maximum absolute atomic E-state index is 6.42. The number of benzene rings is 1. The van der Waals surface area contributed by atoms with Crippen LogP contribution in [0.15, 0.2) is 18.2 Å². The first-order valence-electron chi connectivity index (χ1n) is 7.41. The second kappa shape index (κ2) is 4.50. The van der Waals surface area contributed by atoms with Gasteiger partial charge >= 0.3 is 0 Å². The molecule has 1 N–H and O–H groups in total. The lowest BCUT2D eigenvalue weighted by Crippen LogP contribution is -2.50. The van der Waals surface area contributed by atoms with Crippen LogP contribution in [0.25, 0.3) is 0 Å². The van der Waals surface area contributed by atoms with E-state index in [1.807, 2.05) is 0 Å². The van der Waals surface area contributed by atoms with E-state index in [1.165, 1.54) is 30.4 Å². The van der Waals surface area contributed by atoms with Gasteiger partial charge in [-0.2, -0.15) is 0 Å². The minimum Gasteiger partial charge on any atom is -0.497 e. The Bertz CT molecular complexity index is 484. The summed E-state index contributed by atoms with van der Waals surface area (Å²) >= 11 is 0. The van der Waals surface area contributed by atoms with E-state index in [0.717, 1.165) is 24.6 Å². The molecular formula is C16H21NO2. The Balaban J connectivity index is 1.65. The van der Waals surface area contributed by atoms with E-state index in [2.05, 4.69) is 23.5 Å². The molecule has 3 unspecified atom stereocenters. The van der Waals surface area contributed by atoms with Crippen molar-refractivity contribution in [2.45, 2.75) is 43.9 Å². The van der Waals surface area contributed by atoms with Gasteiger partial charge in [0.15, 0.2) is 0 Å². The third kappa shape index (κ3) is 2.05. The normalized spacial score (nSPS) is 33.4. The van der Waals surface area contributed by atoms with E-state index in [1.54, 1.807) is 7.11 Å². The minimum absolute atomic E-state index is 0.221. The number of ether oxygens (including phenoxy) is 2. The number of hydrogen-bond donors (Lipinski definition) is 1. The molecule has 1 aliphatic heterocycles.